The summed E-state index contributed by atoms with van der Waals surface area (Å²) in [5.74, 6) is -0.553. The molecule has 2 N–H and O–H groups in total. The average molecular weight is 313 g/mol. The van der Waals surface area contributed by atoms with Crippen molar-refractivity contribution in [2.45, 2.75) is 19.9 Å². The van der Waals surface area contributed by atoms with Crippen molar-refractivity contribution in [3.8, 4) is 0 Å². The van der Waals surface area contributed by atoms with Crippen molar-refractivity contribution in [1.82, 2.24) is 10.3 Å². The van der Waals surface area contributed by atoms with E-state index < -0.39 is 0 Å². The number of hydrogen-bond acceptors (Lipinski definition) is 5. The molecule has 1 aromatic heterocycles. The van der Waals surface area contributed by atoms with Crippen molar-refractivity contribution in [3.05, 3.63) is 53.9 Å². The van der Waals surface area contributed by atoms with Crippen LogP contribution in [0.5, 0.6) is 0 Å². The zero-order valence-electron chi connectivity index (χ0n) is 13.3. The molecule has 0 aliphatic carbocycles. The molecule has 0 spiro atoms. The van der Waals surface area contributed by atoms with Crippen LogP contribution in [0.4, 0.5) is 11.4 Å². The molecule has 1 amide bonds. The fraction of sp³-hybridized carbons (Fsp3) is 0.235. The van der Waals surface area contributed by atoms with E-state index in [1.54, 1.807) is 36.5 Å². The molecule has 2 aromatic rings. The zero-order valence-corrected chi connectivity index (χ0v) is 13.3. The molecule has 6 heteroatoms. The molecule has 0 saturated heterocycles. The molecule has 0 atom stereocenters. The maximum Gasteiger partial charge on any atom is 0.337 e. The Bertz CT molecular complexity index is 696. The topological polar surface area (TPSA) is 80.3 Å². The van der Waals surface area contributed by atoms with E-state index in [4.69, 9.17) is 0 Å². The van der Waals surface area contributed by atoms with Gasteiger partial charge in [0.2, 0.25) is 0 Å². The molecule has 0 saturated carbocycles. The lowest BCUT2D eigenvalue weighted by molar-refractivity contribution is 0.0600. The number of rotatable bonds is 5. The van der Waals surface area contributed by atoms with E-state index in [9.17, 15) is 9.59 Å². The van der Waals surface area contributed by atoms with Crippen LogP contribution in [-0.4, -0.2) is 30.0 Å². The molecule has 23 heavy (non-hydrogen) atoms. The van der Waals surface area contributed by atoms with Gasteiger partial charge in [0, 0.05) is 17.9 Å². The van der Waals surface area contributed by atoms with E-state index in [1.807, 2.05) is 13.8 Å². The van der Waals surface area contributed by atoms with Gasteiger partial charge in [0.15, 0.2) is 0 Å². The van der Waals surface area contributed by atoms with Gasteiger partial charge in [0.25, 0.3) is 5.91 Å². The van der Waals surface area contributed by atoms with E-state index in [-0.39, 0.29) is 17.9 Å². The Morgan fingerprint density at radius 1 is 1.04 bits per heavy atom. The van der Waals surface area contributed by atoms with Crippen molar-refractivity contribution in [2.75, 3.05) is 12.4 Å². The first-order valence-corrected chi connectivity index (χ1v) is 7.21. The highest BCUT2D eigenvalue weighted by Crippen LogP contribution is 2.17. The summed E-state index contributed by atoms with van der Waals surface area (Å²) < 4.78 is 4.65. The number of nitrogens with zero attached hydrogens (tertiary/aromatic N) is 1. The zero-order chi connectivity index (χ0) is 16.8. The summed E-state index contributed by atoms with van der Waals surface area (Å²) in [6.07, 6.45) is 3.14. The predicted molar refractivity (Wildman–Crippen MR) is 87.9 cm³/mol. The Labute approximate surface area is 134 Å². The van der Waals surface area contributed by atoms with Gasteiger partial charge in [-0.15, -0.1) is 0 Å². The van der Waals surface area contributed by atoms with Crippen LogP contribution >= 0.6 is 0 Å². The second kappa shape index (κ2) is 7.40. The third-order valence-corrected chi connectivity index (χ3v) is 3.01. The van der Waals surface area contributed by atoms with Gasteiger partial charge >= 0.3 is 5.97 Å². The number of anilines is 2. The summed E-state index contributed by atoms with van der Waals surface area (Å²) >= 11 is 0. The quantitative estimate of drug-likeness (QED) is 0.830. The van der Waals surface area contributed by atoms with Crippen LogP contribution in [-0.2, 0) is 4.74 Å². The molecule has 1 heterocycles. The average Bonchev–Trinajstić information content (AvgIpc) is 2.54. The normalized spacial score (nSPS) is 10.3. The summed E-state index contributed by atoms with van der Waals surface area (Å²) in [7, 11) is 1.34. The van der Waals surface area contributed by atoms with Gasteiger partial charge in [0.05, 0.1) is 30.1 Å². The van der Waals surface area contributed by atoms with Crippen molar-refractivity contribution in [2.24, 2.45) is 0 Å². The van der Waals surface area contributed by atoms with Gasteiger partial charge in [-0.3, -0.25) is 9.78 Å². The van der Waals surface area contributed by atoms with E-state index in [0.29, 0.717) is 16.8 Å². The molecule has 1 aromatic carbocycles. The van der Waals surface area contributed by atoms with Crippen molar-refractivity contribution < 1.29 is 14.3 Å². The maximum atomic E-state index is 12.0. The Kier molecular flexibility index (Phi) is 5.30. The van der Waals surface area contributed by atoms with Crippen LogP contribution < -0.4 is 10.6 Å². The highest BCUT2D eigenvalue weighted by atomic mass is 16.5. The summed E-state index contributed by atoms with van der Waals surface area (Å²) in [6, 6.07) is 8.62. The monoisotopic (exact) mass is 313 g/mol. The van der Waals surface area contributed by atoms with Crippen LogP contribution in [0.15, 0.2) is 42.7 Å². The van der Waals surface area contributed by atoms with Crippen LogP contribution in [0.3, 0.4) is 0 Å². The predicted octanol–water partition coefficient (Wildman–Crippen LogP) is 2.75. The molecule has 0 bridgehead atoms. The Balaban J connectivity index is 2.11. The lowest BCUT2D eigenvalue weighted by atomic mass is 10.2. The largest absolute Gasteiger partial charge is 0.465 e. The summed E-state index contributed by atoms with van der Waals surface area (Å²) in [5, 5.41) is 5.96. The molecular weight excluding hydrogens is 294 g/mol. The van der Waals surface area contributed by atoms with E-state index in [1.165, 1.54) is 13.3 Å². The molecule has 120 valence electrons. The van der Waals surface area contributed by atoms with E-state index >= 15 is 0 Å². The van der Waals surface area contributed by atoms with Gasteiger partial charge in [-0.05, 0) is 44.2 Å². The standard InChI is InChI=1S/C17H19N3O3/c1-11(2)19-16(21)13-8-15(10-18-9-13)20-14-6-4-12(5-7-14)17(22)23-3/h4-11,20H,1-3H3,(H,19,21). The number of esters is 1. The Morgan fingerprint density at radius 3 is 2.35 bits per heavy atom. The number of carbonyl (C=O) groups excluding carboxylic acids is 2. The Morgan fingerprint density at radius 2 is 1.74 bits per heavy atom. The minimum absolute atomic E-state index is 0.0602. The summed E-state index contributed by atoms with van der Waals surface area (Å²) in [5.41, 5.74) is 2.42. The minimum Gasteiger partial charge on any atom is -0.465 e. The number of carbonyl (C=O) groups is 2. The first-order valence-electron chi connectivity index (χ1n) is 7.21. The van der Waals surface area contributed by atoms with E-state index in [2.05, 4.69) is 20.4 Å². The highest BCUT2D eigenvalue weighted by Gasteiger charge is 2.09. The van der Waals surface area contributed by atoms with E-state index in [0.717, 1.165) is 5.69 Å². The SMILES string of the molecule is COC(=O)c1ccc(Nc2cncc(C(=O)NC(C)C)c2)cc1. The molecular formula is C17H19N3O3. The van der Waals surface area contributed by atoms with Gasteiger partial charge in [0.1, 0.15) is 0 Å². The number of hydrogen-bond donors (Lipinski definition) is 2. The van der Waals surface area contributed by atoms with Gasteiger partial charge in [-0.1, -0.05) is 0 Å². The number of amides is 1. The first kappa shape index (κ1) is 16.5. The fourth-order valence-corrected chi connectivity index (χ4v) is 1.95. The third kappa shape index (κ3) is 4.54. The number of benzene rings is 1. The van der Waals surface area contributed by atoms with Crippen molar-refractivity contribution in [1.29, 1.82) is 0 Å². The number of nitrogens with one attached hydrogen (secondary N) is 2. The molecule has 0 unspecified atom stereocenters. The summed E-state index contributed by atoms with van der Waals surface area (Å²) in [6.45, 7) is 3.80. The number of ether oxygens (including phenoxy) is 1. The number of pyridine rings is 1. The maximum absolute atomic E-state index is 12.0. The molecule has 6 nitrogen and oxygen atoms in total. The lowest BCUT2D eigenvalue weighted by Gasteiger charge is -2.10. The first-order chi connectivity index (χ1) is 11.0. The number of aromatic nitrogens is 1. The van der Waals surface area contributed by atoms with Crippen LogP contribution in [0.1, 0.15) is 34.6 Å². The van der Waals surface area contributed by atoms with Crippen LogP contribution in [0.2, 0.25) is 0 Å². The van der Waals surface area contributed by atoms with Crippen LogP contribution in [0.25, 0.3) is 0 Å². The second-order valence-corrected chi connectivity index (χ2v) is 5.28. The molecule has 0 aliphatic rings. The second-order valence-electron chi connectivity index (χ2n) is 5.28. The molecule has 0 radical (unpaired) electrons. The van der Waals surface area contributed by atoms with Crippen molar-refractivity contribution >= 4 is 23.3 Å². The smallest absolute Gasteiger partial charge is 0.337 e. The molecule has 2 rings (SSSR count). The number of methoxy groups -OCH3 is 1. The Hall–Kier alpha value is -2.89. The molecule has 0 fully saturated rings. The van der Waals surface area contributed by atoms with Gasteiger partial charge in [-0.25, -0.2) is 4.79 Å². The van der Waals surface area contributed by atoms with Gasteiger partial charge in [-0.2, -0.15) is 0 Å². The highest BCUT2D eigenvalue weighted by molar-refractivity contribution is 5.95. The summed E-state index contributed by atoms with van der Waals surface area (Å²) in [4.78, 5) is 27.4. The lowest BCUT2D eigenvalue weighted by Crippen LogP contribution is -2.30. The van der Waals surface area contributed by atoms with Gasteiger partial charge < -0.3 is 15.4 Å². The van der Waals surface area contributed by atoms with Crippen molar-refractivity contribution in [3.63, 3.8) is 0 Å². The molecule has 0 aliphatic heterocycles. The van der Waals surface area contributed by atoms with Crippen LogP contribution in [0, 0.1) is 0 Å². The minimum atomic E-state index is -0.384. The third-order valence-electron chi connectivity index (χ3n) is 3.01. The fourth-order valence-electron chi connectivity index (χ4n) is 1.95.